The summed E-state index contributed by atoms with van der Waals surface area (Å²) < 4.78 is 0. The van der Waals surface area contributed by atoms with Crippen molar-refractivity contribution in [2.45, 2.75) is 65.3 Å². The molecular weight excluding hydrogens is 272 g/mol. The van der Waals surface area contributed by atoms with E-state index in [1.54, 1.807) is 0 Å². The van der Waals surface area contributed by atoms with Gasteiger partial charge in [0.15, 0.2) is 5.96 Å². The molecule has 4 heteroatoms. The molecule has 128 valence electrons. The molecule has 0 bridgehead atoms. The summed E-state index contributed by atoms with van der Waals surface area (Å²) in [6.07, 6.45) is 7.95. The zero-order valence-electron chi connectivity index (χ0n) is 14.9. The molecule has 1 saturated heterocycles. The smallest absolute Gasteiger partial charge is 0.191 e. The summed E-state index contributed by atoms with van der Waals surface area (Å²) in [7, 11) is 0. The van der Waals surface area contributed by atoms with Crippen LogP contribution in [-0.4, -0.2) is 49.6 Å². The van der Waals surface area contributed by atoms with E-state index in [2.05, 4.69) is 36.3 Å². The molecule has 0 aromatic heterocycles. The van der Waals surface area contributed by atoms with Crippen molar-refractivity contribution in [3.05, 3.63) is 0 Å². The third-order valence-electron chi connectivity index (χ3n) is 5.26. The van der Waals surface area contributed by atoms with Crippen molar-refractivity contribution < 1.29 is 0 Å². The molecule has 1 unspecified atom stereocenters. The van der Waals surface area contributed by atoms with Gasteiger partial charge in [0.25, 0.3) is 0 Å². The van der Waals surface area contributed by atoms with Crippen molar-refractivity contribution in [3.63, 3.8) is 0 Å². The van der Waals surface area contributed by atoms with Crippen molar-refractivity contribution in [1.82, 2.24) is 15.5 Å². The first-order chi connectivity index (χ1) is 10.7. The van der Waals surface area contributed by atoms with Crippen LogP contribution < -0.4 is 10.6 Å². The molecule has 0 aromatic rings. The van der Waals surface area contributed by atoms with Crippen LogP contribution in [0.25, 0.3) is 0 Å². The molecule has 0 aromatic carbocycles. The number of nitrogens with zero attached hydrogens (tertiary/aromatic N) is 2. The van der Waals surface area contributed by atoms with Crippen LogP contribution in [-0.2, 0) is 0 Å². The molecule has 1 aliphatic heterocycles. The maximum absolute atomic E-state index is 4.89. The standard InChI is InChI=1S/C18H36N4/c1-4-19-18(21-17-10-8-15(3)9-11-17)20-13-16-7-6-12-22(5-2)14-16/h15-17H,4-14H2,1-3H3,(H2,19,20,21). The average molecular weight is 309 g/mol. The van der Waals surface area contributed by atoms with E-state index in [0.29, 0.717) is 6.04 Å². The van der Waals surface area contributed by atoms with Crippen molar-refractivity contribution >= 4 is 5.96 Å². The second-order valence-corrected chi connectivity index (χ2v) is 7.22. The van der Waals surface area contributed by atoms with Gasteiger partial charge in [-0.3, -0.25) is 4.99 Å². The van der Waals surface area contributed by atoms with E-state index in [4.69, 9.17) is 4.99 Å². The monoisotopic (exact) mass is 308 g/mol. The van der Waals surface area contributed by atoms with Crippen LogP contribution in [0.3, 0.4) is 0 Å². The first kappa shape index (κ1) is 17.6. The van der Waals surface area contributed by atoms with Crippen LogP contribution in [0, 0.1) is 11.8 Å². The zero-order valence-corrected chi connectivity index (χ0v) is 14.9. The molecule has 1 saturated carbocycles. The van der Waals surface area contributed by atoms with Crippen molar-refractivity contribution in [1.29, 1.82) is 0 Å². The quantitative estimate of drug-likeness (QED) is 0.606. The van der Waals surface area contributed by atoms with Crippen LogP contribution in [0.2, 0.25) is 0 Å². The molecule has 2 aliphatic rings. The van der Waals surface area contributed by atoms with Gasteiger partial charge in [0, 0.05) is 25.7 Å². The number of guanidine groups is 1. The second kappa shape index (κ2) is 9.39. The third-order valence-corrected chi connectivity index (χ3v) is 5.26. The number of likely N-dealkylation sites (tertiary alicyclic amines) is 1. The fourth-order valence-corrected chi connectivity index (χ4v) is 3.73. The predicted molar refractivity (Wildman–Crippen MR) is 95.4 cm³/mol. The van der Waals surface area contributed by atoms with Crippen molar-refractivity contribution in [2.24, 2.45) is 16.8 Å². The van der Waals surface area contributed by atoms with Gasteiger partial charge in [0.05, 0.1) is 0 Å². The molecule has 0 radical (unpaired) electrons. The number of aliphatic imine (C=N–C) groups is 1. The van der Waals surface area contributed by atoms with Gasteiger partial charge in [-0.05, 0) is 70.4 Å². The Morgan fingerprint density at radius 2 is 1.91 bits per heavy atom. The van der Waals surface area contributed by atoms with Crippen LogP contribution >= 0.6 is 0 Å². The topological polar surface area (TPSA) is 39.7 Å². The first-order valence-corrected chi connectivity index (χ1v) is 9.48. The fourth-order valence-electron chi connectivity index (χ4n) is 3.73. The number of rotatable bonds is 5. The lowest BCUT2D eigenvalue weighted by Gasteiger charge is -2.31. The Kier molecular flexibility index (Phi) is 7.50. The Morgan fingerprint density at radius 1 is 1.14 bits per heavy atom. The Hall–Kier alpha value is -0.770. The minimum atomic E-state index is 0.618. The minimum Gasteiger partial charge on any atom is -0.357 e. The first-order valence-electron chi connectivity index (χ1n) is 9.48. The van der Waals surface area contributed by atoms with E-state index in [1.165, 1.54) is 58.2 Å². The summed E-state index contributed by atoms with van der Waals surface area (Å²) in [4.78, 5) is 7.45. The number of nitrogens with one attached hydrogen (secondary N) is 2. The number of hydrogen-bond donors (Lipinski definition) is 2. The molecule has 0 amide bonds. The summed E-state index contributed by atoms with van der Waals surface area (Å²) in [5.41, 5.74) is 0. The summed E-state index contributed by atoms with van der Waals surface area (Å²) in [5.74, 6) is 2.67. The molecule has 1 aliphatic carbocycles. The fraction of sp³-hybridized carbons (Fsp3) is 0.944. The molecule has 4 nitrogen and oxygen atoms in total. The van der Waals surface area contributed by atoms with Crippen LogP contribution in [0.15, 0.2) is 4.99 Å². The lowest BCUT2D eigenvalue weighted by atomic mass is 9.87. The highest BCUT2D eigenvalue weighted by molar-refractivity contribution is 5.80. The summed E-state index contributed by atoms with van der Waals surface area (Å²) >= 11 is 0. The van der Waals surface area contributed by atoms with E-state index in [0.717, 1.165) is 30.9 Å². The van der Waals surface area contributed by atoms with Gasteiger partial charge in [-0.2, -0.15) is 0 Å². The summed E-state index contributed by atoms with van der Waals surface area (Å²) in [6, 6.07) is 0.618. The van der Waals surface area contributed by atoms with Gasteiger partial charge in [-0.25, -0.2) is 0 Å². The maximum Gasteiger partial charge on any atom is 0.191 e. The van der Waals surface area contributed by atoms with E-state index in [9.17, 15) is 0 Å². The molecule has 2 fully saturated rings. The second-order valence-electron chi connectivity index (χ2n) is 7.22. The summed E-state index contributed by atoms with van der Waals surface area (Å²) in [6.45, 7) is 12.4. The SMILES string of the molecule is CCNC(=NCC1CCCN(CC)C1)NC1CCC(C)CC1. The zero-order chi connectivity index (χ0) is 15.8. The van der Waals surface area contributed by atoms with Crippen LogP contribution in [0.5, 0.6) is 0 Å². The molecule has 2 N–H and O–H groups in total. The average Bonchev–Trinajstić information content (AvgIpc) is 2.55. The molecule has 1 atom stereocenters. The van der Waals surface area contributed by atoms with E-state index in [1.807, 2.05) is 0 Å². The number of hydrogen-bond acceptors (Lipinski definition) is 2. The molecule has 0 spiro atoms. The minimum absolute atomic E-state index is 0.618. The van der Waals surface area contributed by atoms with Crippen molar-refractivity contribution in [2.75, 3.05) is 32.7 Å². The summed E-state index contributed by atoms with van der Waals surface area (Å²) in [5, 5.41) is 7.10. The highest BCUT2D eigenvalue weighted by Gasteiger charge is 2.20. The lowest BCUT2D eigenvalue weighted by Crippen LogP contribution is -2.45. The van der Waals surface area contributed by atoms with Gasteiger partial charge in [-0.1, -0.05) is 13.8 Å². The Balaban J connectivity index is 1.81. The maximum atomic E-state index is 4.89. The largest absolute Gasteiger partial charge is 0.357 e. The normalized spacial score (nSPS) is 31.0. The van der Waals surface area contributed by atoms with Gasteiger partial charge in [-0.15, -0.1) is 0 Å². The molecule has 2 rings (SSSR count). The molecule has 22 heavy (non-hydrogen) atoms. The van der Waals surface area contributed by atoms with E-state index in [-0.39, 0.29) is 0 Å². The Labute approximate surface area is 137 Å². The molecular formula is C18H36N4. The lowest BCUT2D eigenvalue weighted by molar-refractivity contribution is 0.186. The van der Waals surface area contributed by atoms with Gasteiger partial charge >= 0.3 is 0 Å². The Morgan fingerprint density at radius 3 is 2.59 bits per heavy atom. The van der Waals surface area contributed by atoms with Gasteiger partial charge in [0.2, 0.25) is 0 Å². The van der Waals surface area contributed by atoms with Gasteiger partial charge < -0.3 is 15.5 Å². The number of piperidine rings is 1. The van der Waals surface area contributed by atoms with Gasteiger partial charge in [0.1, 0.15) is 0 Å². The predicted octanol–water partition coefficient (Wildman–Crippen LogP) is 2.85. The Bertz CT molecular complexity index is 334. The van der Waals surface area contributed by atoms with E-state index >= 15 is 0 Å². The van der Waals surface area contributed by atoms with Crippen LogP contribution in [0.4, 0.5) is 0 Å². The van der Waals surface area contributed by atoms with Crippen LogP contribution in [0.1, 0.15) is 59.3 Å². The van der Waals surface area contributed by atoms with E-state index < -0.39 is 0 Å². The molecule has 1 heterocycles. The third kappa shape index (κ3) is 5.79. The highest BCUT2D eigenvalue weighted by atomic mass is 15.2. The van der Waals surface area contributed by atoms with Crippen molar-refractivity contribution in [3.8, 4) is 0 Å². The highest BCUT2D eigenvalue weighted by Crippen LogP contribution is 2.23.